The number of hydrogen-bond acceptors (Lipinski definition) is 7. The molecule has 2 aromatic rings. The summed E-state index contributed by atoms with van der Waals surface area (Å²) in [5.41, 5.74) is 7.41. The first-order valence-electron chi connectivity index (χ1n) is 12.5. The maximum absolute atomic E-state index is 12.3. The fourth-order valence-electron chi connectivity index (χ4n) is 4.57. The second kappa shape index (κ2) is 12.5. The first kappa shape index (κ1) is 24.2. The summed E-state index contributed by atoms with van der Waals surface area (Å²) in [7, 11) is 0. The molecule has 2 aliphatic rings. The van der Waals surface area contributed by atoms with Crippen LogP contribution in [-0.2, 0) is 20.7 Å². The molecule has 182 valence electrons. The fourth-order valence-corrected chi connectivity index (χ4v) is 4.57. The van der Waals surface area contributed by atoms with Gasteiger partial charge in [-0.25, -0.2) is 4.98 Å². The van der Waals surface area contributed by atoms with Crippen molar-refractivity contribution in [3.8, 4) is 0 Å². The second-order valence-corrected chi connectivity index (χ2v) is 9.19. The normalized spacial score (nSPS) is 17.1. The lowest BCUT2D eigenvalue weighted by Crippen LogP contribution is -2.36. The van der Waals surface area contributed by atoms with Gasteiger partial charge < -0.3 is 14.4 Å². The zero-order valence-electron chi connectivity index (χ0n) is 20.2. The fraction of sp³-hybridized carbons (Fsp3) is 0.519. The number of rotatable bonds is 9. The Morgan fingerprint density at radius 3 is 2.82 bits per heavy atom. The van der Waals surface area contributed by atoms with E-state index in [0.29, 0.717) is 12.4 Å². The Balaban J connectivity index is 1.37. The molecule has 1 saturated carbocycles. The minimum atomic E-state index is -0.0254. The molecule has 0 radical (unpaired) electrons. The molecule has 0 amide bonds. The Morgan fingerprint density at radius 1 is 1.21 bits per heavy atom. The highest BCUT2D eigenvalue weighted by atomic mass is 16.5. The molecule has 0 spiro atoms. The Labute approximate surface area is 202 Å². The highest BCUT2D eigenvalue weighted by molar-refractivity contribution is 5.80. The number of aryl methyl sites for hydroxylation is 2. The Kier molecular flexibility index (Phi) is 8.90. The van der Waals surface area contributed by atoms with Crippen molar-refractivity contribution in [1.29, 1.82) is 0 Å². The second-order valence-electron chi connectivity index (χ2n) is 9.19. The van der Waals surface area contributed by atoms with E-state index >= 15 is 0 Å². The van der Waals surface area contributed by atoms with Crippen LogP contribution in [0.3, 0.4) is 0 Å². The van der Waals surface area contributed by atoms with E-state index in [0.717, 1.165) is 81.8 Å². The van der Waals surface area contributed by atoms with Gasteiger partial charge in [0.05, 0.1) is 32.0 Å². The largest absolute Gasteiger partial charge is 0.465 e. The van der Waals surface area contributed by atoms with Crippen LogP contribution in [-0.4, -0.2) is 50.1 Å². The van der Waals surface area contributed by atoms with Crippen LogP contribution in [0.1, 0.15) is 55.3 Å². The summed E-state index contributed by atoms with van der Waals surface area (Å²) in [5.74, 6) is 0.781. The van der Waals surface area contributed by atoms with E-state index in [-0.39, 0.29) is 11.9 Å². The third-order valence-corrected chi connectivity index (χ3v) is 6.43. The minimum absolute atomic E-state index is 0.0254. The van der Waals surface area contributed by atoms with Crippen LogP contribution >= 0.6 is 0 Å². The molecule has 7 heteroatoms. The quantitative estimate of drug-likeness (QED) is 0.250. The van der Waals surface area contributed by atoms with E-state index in [4.69, 9.17) is 14.5 Å². The van der Waals surface area contributed by atoms with Crippen molar-refractivity contribution in [2.45, 2.75) is 51.9 Å². The number of ether oxygens (including phenoxy) is 2. The number of anilines is 2. The topological polar surface area (TPSA) is 76.1 Å². The van der Waals surface area contributed by atoms with E-state index in [9.17, 15) is 4.79 Å². The molecule has 1 aliphatic heterocycles. The molecule has 1 aromatic heterocycles. The molecule has 4 rings (SSSR count). The van der Waals surface area contributed by atoms with Gasteiger partial charge in [0.1, 0.15) is 5.82 Å². The van der Waals surface area contributed by atoms with Gasteiger partial charge in [0.25, 0.3) is 0 Å². The van der Waals surface area contributed by atoms with Gasteiger partial charge in [-0.15, -0.1) is 0 Å². The summed E-state index contributed by atoms with van der Waals surface area (Å²) in [6.07, 6.45) is 8.76. The van der Waals surface area contributed by atoms with E-state index in [1.165, 1.54) is 12.0 Å². The highest BCUT2D eigenvalue weighted by Crippen LogP contribution is 2.25. The van der Waals surface area contributed by atoms with Gasteiger partial charge in [-0.05, 0) is 44.2 Å². The van der Waals surface area contributed by atoms with Crippen molar-refractivity contribution >= 4 is 23.7 Å². The van der Waals surface area contributed by atoms with Gasteiger partial charge in [0.15, 0.2) is 0 Å². The maximum Gasteiger partial charge on any atom is 0.308 e. The molecule has 7 nitrogen and oxygen atoms in total. The SMILES string of the molecule is Cc1cccc(C=NNc2cc(N3CCOCC3)cc(CCCOC(=O)C3CCCCC3)n2)c1. The molecule has 0 unspecified atom stereocenters. The number of aromatic nitrogens is 1. The van der Waals surface area contributed by atoms with Crippen LogP contribution in [0.5, 0.6) is 0 Å². The summed E-state index contributed by atoms with van der Waals surface area (Å²) in [5, 5.41) is 4.40. The number of pyridine rings is 1. The summed E-state index contributed by atoms with van der Waals surface area (Å²) in [6, 6.07) is 12.4. The predicted octanol–water partition coefficient (Wildman–Crippen LogP) is 4.73. The monoisotopic (exact) mass is 464 g/mol. The van der Waals surface area contributed by atoms with Gasteiger partial charge in [-0.2, -0.15) is 5.10 Å². The minimum Gasteiger partial charge on any atom is -0.465 e. The average molecular weight is 465 g/mol. The third kappa shape index (κ3) is 7.29. The Hall–Kier alpha value is -2.93. The summed E-state index contributed by atoms with van der Waals surface area (Å²) < 4.78 is 11.1. The predicted molar refractivity (Wildman–Crippen MR) is 136 cm³/mol. The van der Waals surface area contributed by atoms with Gasteiger partial charge in [0.2, 0.25) is 0 Å². The van der Waals surface area contributed by atoms with E-state index in [1.807, 2.05) is 18.2 Å². The molecule has 1 N–H and O–H groups in total. The Morgan fingerprint density at radius 2 is 2.03 bits per heavy atom. The van der Waals surface area contributed by atoms with E-state index < -0.39 is 0 Å². The number of nitrogens with zero attached hydrogens (tertiary/aromatic N) is 3. The number of carbonyl (C=O) groups excluding carboxylic acids is 1. The molecule has 34 heavy (non-hydrogen) atoms. The lowest BCUT2D eigenvalue weighted by Gasteiger charge is -2.29. The smallest absolute Gasteiger partial charge is 0.308 e. The van der Waals surface area contributed by atoms with Gasteiger partial charge in [-0.3, -0.25) is 10.2 Å². The van der Waals surface area contributed by atoms with Crippen molar-refractivity contribution in [3.63, 3.8) is 0 Å². The zero-order valence-corrected chi connectivity index (χ0v) is 20.2. The first-order chi connectivity index (χ1) is 16.7. The van der Waals surface area contributed by atoms with Crippen molar-refractivity contribution < 1.29 is 14.3 Å². The van der Waals surface area contributed by atoms with Gasteiger partial charge in [0, 0.05) is 30.5 Å². The number of nitrogens with one attached hydrogen (secondary N) is 1. The number of carbonyl (C=O) groups is 1. The average Bonchev–Trinajstić information content (AvgIpc) is 2.87. The highest BCUT2D eigenvalue weighted by Gasteiger charge is 2.22. The van der Waals surface area contributed by atoms with Crippen LogP contribution in [0.4, 0.5) is 11.5 Å². The number of benzene rings is 1. The van der Waals surface area contributed by atoms with E-state index in [1.54, 1.807) is 6.21 Å². The molecule has 2 heterocycles. The summed E-state index contributed by atoms with van der Waals surface area (Å²) in [4.78, 5) is 19.4. The standard InChI is InChI=1S/C27H36N4O3/c1-21-7-5-8-22(17-21)20-28-30-26-19-25(31-12-15-33-16-13-31)18-24(29-26)11-6-14-34-27(32)23-9-3-2-4-10-23/h5,7-8,17-20,23H,2-4,6,9-16H2,1H3,(H,29,30). The molecule has 0 bridgehead atoms. The summed E-state index contributed by atoms with van der Waals surface area (Å²) >= 11 is 0. The van der Waals surface area contributed by atoms with Crippen molar-refractivity contribution in [3.05, 3.63) is 53.2 Å². The zero-order chi connectivity index (χ0) is 23.6. The number of hydrogen-bond donors (Lipinski definition) is 1. The van der Waals surface area contributed by atoms with Gasteiger partial charge in [-0.1, -0.05) is 49.1 Å². The van der Waals surface area contributed by atoms with Crippen LogP contribution < -0.4 is 10.3 Å². The van der Waals surface area contributed by atoms with Crippen LogP contribution in [0, 0.1) is 12.8 Å². The Bertz CT molecular complexity index is 966. The molecule has 2 fully saturated rings. The molecule has 0 atom stereocenters. The molecular formula is C27H36N4O3. The number of hydrazone groups is 1. The van der Waals surface area contributed by atoms with Crippen LogP contribution in [0.15, 0.2) is 41.5 Å². The summed E-state index contributed by atoms with van der Waals surface area (Å²) in [6.45, 7) is 5.67. The lowest BCUT2D eigenvalue weighted by molar-refractivity contribution is -0.149. The molecule has 1 aliphatic carbocycles. The van der Waals surface area contributed by atoms with Gasteiger partial charge >= 0.3 is 5.97 Å². The van der Waals surface area contributed by atoms with E-state index in [2.05, 4.69) is 40.5 Å². The maximum atomic E-state index is 12.3. The molecule has 1 saturated heterocycles. The first-order valence-corrected chi connectivity index (χ1v) is 12.5. The molecule has 1 aromatic carbocycles. The lowest BCUT2D eigenvalue weighted by atomic mass is 9.89. The number of esters is 1. The van der Waals surface area contributed by atoms with Crippen molar-refractivity contribution in [2.75, 3.05) is 43.2 Å². The molecular weight excluding hydrogens is 428 g/mol. The van der Waals surface area contributed by atoms with Crippen LogP contribution in [0.25, 0.3) is 0 Å². The van der Waals surface area contributed by atoms with Crippen molar-refractivity contribution in [2.24, 2.45) is 11.0 Å². The van der Waals surface area contributed by atoms with Crippen molar-refractivity contribution in [1.82, 2.24) is 4.98 Å². The number of morpholine rings is 1. The third-order valence-electron chi connectivity index (χ3n) is 6.43. The van der Waals surface area contributed by atoms with Crippen LogP contribution in [0.2, 0.25) is 0 Å².